The Bertz CT molecular complexity index is 341. The number of hydrogen-bond donors (Lipinski definition) is 1. The van der Waals surface area contributed by atoms with Crippen LogP contribution in [0.15, 0.2) is 23.1 Å². The molecular weight excluding hydrogens is 233 g/mol. The van der Waals surface area contributed by atoms with E-state index in [1.54, 1.807) is 23.9 Å². The van der Waals surface area contributed by atoms with Gasteiger partial charge in [-0.25, -0.2) is 4.39 Å². The van der Waals surface area contributed by atoms with Gasteiger partial charge in [0.1, 0.15) is 5.82 Å². The van der Waals surface area contributed by atoms with E-state index in [9.17, 15) is 4.39 Å². The van der Waals surface area contributed by atoms with Crippen LogP contribution in [0.3, 0.4) is 0 Å². The summed E-state index contributed by atoms with van der Waals surface area (Å²) in [5.74, 6) is 1.52. The minimum atomic E-state index is -0.0892. The van der Waals surface area contributed by atoms with Gasteiger partial charge in [0.25, 0.3) is 0 Å². The summed E-state index contributed by atoms with van der Waals surface area (Å²) in [5.41, 5.74) is 1.07. The van der Waals surface area contributed by atoms with Crippen molar-refractivity contribution in [3.8, 4) is 0 Å². The van der Waals surface area contributed by atoms with Crippen LogP contribution in [0.25, 0.3) is 0 Å². The second-order valence-corrected chi connectivity index (χ2v) is 5.36. The molecule has 3 heteroatoms. The first kappa shape index (κ1) is 14.5. The predicted molar refractivity (Wildman–Crippen MR) is 74.0 cm³/mol. The van der Waals surface area contributed by atoms with Crippen LogP contribution in [-0.4, -0.2) is 12.3 Å². The molecule has 0 aliphatic rings. The van der Waals surface area contributed by atoms with Gasteiger partial charge >= 0.3 is 0 Å². The van der Waals surface area contributed by atoms with Crippen molar-refractivity contribution < 1.29 is 4.39 Å². The van der Waals surface area contributed by atoms with E-state index >= 15 is 0 Å². The maximum atomic E-state index is 13.8. The van der Waals surface area contributed by atoms with Gasteiger partial charge in [-0.15, -0.1) is 11.8 Å². The average Bonchev–Trinajstić information content (AvgIpc) is 2.34. The zero-order valence-corrected chi connectivity index (χ0v) is 11.7. The van der Waals surface area contributed by atoms with Gasteiger partial charge < -0.3 is 5.32 Å². The molecule has 1 nitrogen and oxygen atoms in total. The van der Waals surface area contributed by atoms with E-state index in [0.29, 0.717) is 5.92 Å². The summed E-state index contributed by atoms with van der Waals surface area (Å²) in [6, 6.07) is 5.34. The summed E-state index contributed by atoms with van der Waals surface area (Å²) in [4.78, 5) is 0.814. The van der Waals surface area contributed by atoms with Gasteiger partial charge in [-0.3, -0.25) is 0 Å². The van der Waals surface area contributed by atoms with Crippen LogP contribution in [0.4, 0.5) is 4.39 Å². The summed E-state index contributed by atoms with van der Waals surface area (Å²) in [7, 11) is 0. The first-order valence-corrected chi connectivity index (χ1v) is 7.28. The molecule has 1 N–H and O–H groups in total. The van der Waals surface area contributed by atoms with Crippen LogP contribution in [0.5, 0.6) is 0 Å². The Morgan fingerprint density at radius 3 is 2.76 bits per heavy atom. The maximum Gasteiger partial charge on any atom is 0.137 e. The van der Waals surface area contributed by atoms with Gasteiger partial charge in [-0.2, -0.15) is 0 Å². The minimum Gasteiger partial charge on any atom is -0.313 e. The average molecular weight is 255 g/mol. The molecule has 1 aromatic carbocycles. The van der Waals surface area contributed by atoms with Crippen molar-refractivity contribution >= 4 is 11.8 Å². The molecule has 1 rings (SSSR count). The second kappa shape index (κ2) is 7.72. The molecule has 0 aliphatic heterocycles. The largest absolute Gasteiger partial charge is 0.313 e. The third kappa shape index (κ3) is 4.68. The first-order chi connectivity index (χ1) is 8.19. The van der Waals surface area contributed by atoms with Gasteiger partial charge in [0.05, 0.1) is 0 Å². The molecule has 0 aromatic heterocycles. The summed E-state index contributed by atoms with van der Waals surface area (Å²) in [6.07, 6.45) is 1.14. The Balaban J connectivity index is 2.72. The molecule has 0 aliphatic carbocycles. The highest BCUT2D eigenvalue weighted by Gasteiger charge is 2.10. The molecule has 0 bridgehead atoms. The van der Waals surface area contributed by atoms with Crippen molar-refractivity contribution in [2.75, 3.05) is 12.3 Å². The molecule has 0 spiro atoms. The van der Waals surface area contributed by atoms with Crippen molar-refractivity contribution in [1.82, 2.24) is 5.32 Å². The lowest BCUT2D eigenvalue weighted by atomic mass is 10.2. The molecule has 0 heterocycles. The topological polar surface area (TPSA) is 12.0 Å². The maximum absolute atomic E-state index is 13.8. The van der Waals surface area contributed by atoms with Crippen LogP contribution < -0.4 is 5.32 Å². The fourth-order valence-electron chi connectivity index (χ4n) is 1.46. The monoisotopic (exact) mass is 255 g/mol. The standard InChI is InChI=1S/C14H22FNS/c1-4-11(3)10-17-14-12(9-16-5-2)7-6-8-13(14)15/h6-8,11,16H,4-5,9-10H2,1-3H3. The van der Waals surface area contributed by atoms with Crippen LogP contribution in [-0.2, 0) is 6.54 Å². The van der Waals surface area contributed by atoms with Gasteiger partial charge in [0.15, 0.2) is 0 Å². The van der Waals surface area contributed by atoms with E-state index < -0.39 is 0 Å². The van der Waals surface area contributed by atoms with Crippen LogP contribution >= 0.6 is 11.8 Å². The smallest absolute Gasteiger partial charge is 0.137 e. The summed E-state index contributed by atoms with van der Waals surface area (Å²) in [5, 5.41) is 3.25. The van der Waals surface area contributed by atoms with Crippen LogP contribution in [0.2, 0.25) is 0 Å². The van der Waals surface area contributed by atoms with Gasteiger partial charge in [-0.05, 0) is 24.1 Å². The number of nitrogens with one attached hydrogen (secondary N) is 1. The van der Waals surface area contributed by atoms with E-state index in [4.69, 9.17) is 0 Å². The van der Waals surface area contributed by atoms with Crippen molar-refractivity contribution in [1.29, 1.82) is 0 Å². The molecule has 0 saturated carbocycles. The quantitative estimate of drug-likeness (QED) is 0.737. The SMILES string of the molecule is CCNCc1cccc(F)c1SCC(C)CC. The highest BCUT2D eigenvalue weighted by molar-refractivity contribution is 7.99. The number of thioether (sulfide) groups is 1. The van der Waals surface area contributed by atoms with Gasteiger partial charge in [0, 0.05) is 17.2 Å². The van der Waals surface area contributed by atoms with E-state index in [-0.39, 0.29) is 5.82 Å². The lowest BCUT2D eigenvalue weighted by molar-refractivity contribution is 0.589. The molecule has 1 unspecified atom stereocenters. The van der Waals surface area contributed by atoms with Gasteiger partial charge in [-0.1, -0.05) is 39.3 Å². The second-order valence-electron chi connectivity index (χ2n) is 4.33. The number of rotatable bonds is 7. The number of benzene rings is 1. The number of halogens is 1. The predicted octanol–water partition coefficient (Wildman–Crippen LogP) is 4.07. The zero-order valence-electron chi connectivity index (χ0n) is 10.9. The lowest BCUT2D eigenvalue weighted by Gasteiger charge is -2.13. The van der Waals surface area contributed by atoms with E-state index in [2.05, 4.69) is 26.1 Å². The summed E-state index contributed by atoms with van der Waals surface area (Å²) in [6.45, 7) is 8.10. The molecule has 17 heavy (non-hydrogen) atoms. The van der Waals surface area contributed by atoms with E-state index in [0.717, 1.165) is 35.7 Å². The summed E-state index contributed by atoms with van der Waals surface area (Å²) < 4.78 is 13.8. The summed E-state index contributed by atoms with van der Waals surface area (Å²) >= 11 is 1.64. The molecule has 0 fully saturated rings. The molecule has 0 amide bonds. The Hall–Kier alpha value is -0.540. The number of hydrogen-bond acceptors (Lipinski definition) is 2. The fraction of sp³-hybridized carbons (Fsp3) is 0.571. The molecule has 0 saturated heterocycles. The van der Waals surface area contributed by atoms with E-state index in [1.807, 2.05) is 6.07 Å². The Labute approximate surface area is 108 Å². The molecular formula is C14H22FNS. The van der Waals surface area contributed by atoms with Crippen molar-refractivity contribution in [3.05, 3.63) is 29.6 Å². The van der Waals surface area contributed by atoms with Crippen LogP contribution in [0.1, 0.15) is 32.8 Å². The van der Waals surface area contributed by atoms with Crippen molar-refractivity contribution in [2.24, 2.45) is 5.92 Å². The molecule has 0 radical (unpaired) electrons. The lowest BCUT2D eigenvalue weighted by Crippen LogP contribution is -2.13. The minimum absolute atomic E-state index is 0.0892. The Morgan fingerprint density at radius 2 is 2.12 bits per heavy atom. The molecule has 1 aromatic rings. The van der Waals surface area contributed by atoms with E-state index in [1.165, 1.54) is 0 Å². The highest BCUT2D eigenvalue weighted by Crippen LogP contribution is 2.28. The zero-order chi connectivity index (χ0) is 12.7. The fourth-order valence-corrected chi connectivity index (χ4v) is 2.68. The third-order valence-corrected chi connectivity index (χ3v) is 4.30. The van der Waals surface area contributed by atoms with Crippen molar-refractivity contribution in [2.45, 2.75) is 38.6 Å². The van der Waals surface area contributed by atoms with Crippen molar-refractivity contribution in [3.63, 3.8) is 0 Å². The van der Waals surface area contributed by atoms with Gasteiger partial charge in [0.2, 0.25) is 0 Å². The molecule has 96 valence electrons. The first-order valence-electron chi connectivity index (χ1n) is 6.29. The van der Waals surface area contributed by atoms with Crippen LogP contribution in [0, 0.1) is 11.7 Å². The molecule has 1 atom stereocenters. The normalized spacial score (nSPS) is 12.7. The third-order valence-electron chi connectivity index (χ3n) is 2.82. The Morgan fingerprint density at radius 1 is 1.35 bits per heavy atom. The highest BCUT2D eigenvalue weighted by atomic mass is 32.2. The Kier molecular flexibility index (Phi) is 6.60.